The van der Waals surface area contributed by atoms with Crippen molar-refractivity contribution in [3.63, 3.8) is 0 Å². The molecule has 0 aliphatic carbocycles. The van der Waals surface area contributed by atoms with Crippen LogP contribution in [0.4, 0.5) is 5.69 Å². The molecule has 0 heterocycles. The molecule has 0 fully saturated rings. The molecule has 0 spiro atoms. The lowest BCUT2D eigenvalue weighted by molar-refractivity contribution is 0.102. The number of carbonyl (C=O) groups is 1. The van der Waals surface area contributed by atoms with E-state index in [0.29, 0.717) is 47.9 Å². The first kappa shape index (κ1) is 20.0. The second-order valence-corrected chi connectivity index (χ2v) is 6.12. The predicted molar refractivity (Wildman–Crippen MR) is 106 cm³/mol. The number of benzene rings is 2. The predicted octanol–water partition coefficient (Wildman–Crippen LogP) is 4.68. The molecule has 1 N–H and O–H groups in total. The van der Waals surface area contributed by atoms with Gasteiger partial charge < -0.3 is 19.5 Å². The van der Waals surface area contributed by atoms with E-state index in [1.165, 1.54) is 0 Å². The summed E-state index contributed by atoms with van der Waals surface area (Å²) < 4.78 is 17.0. The van der Waals surface area contributed by atoms with Crippen molar-refractivity contribution < 1.29 is 19.0 Å². The van der Waals surface area contributed by atoms with Crippen molar-refractivity contribution in [1.29, 1.82) is 0 Å². The summed E-state index contributed by atoms with van der Waals surface area (Å²) in [6.07, 6.45) is 1.66. The average Bonchev–Trinajstić information content (AvgIpc) is 2.65. The molecular formula is C20H22BrNO4. The van der Waals surface area contributed by atoms with Crippen molar-refractivity contribution in [3.8, 4) is 11.5 Å². The van der Waals surface area contributed by atoms with Crippen LogP contribution in [0.1, 0.15) is 17.3 Å². The maximum atomic E-state index is 12.4. The van der Waals surface area contributed by atoms with Crippen LogP contribution in [0, 0.1) is 0 Å². The number of ether oxygens (including phenoxy) is 3. The molecule has 0 saturated heterocycles. The number of hydrogen-bond donors (Lipinski definition) is 1. The first-order chi connectivity index (χ1) is 12.6. The van der Waals surface area contributed by atoms with E-state index in [9.17, 15) is 4.79 Å². The molecule has 6 heteroatoms. The first-order valence-corrected chi connectivity index (χ1v) is 9.08. The van der Waals surface area contributed by atoms with E-state index in [1.807, 2.05) is 19.1 Å². The summed E-state index contributed by atoms with van der Waals surface area (Å²) in [6, 6.07) is 12.4. The van der Waals surface area contributed by atoms with E-state index in [-0.39, 0.29) is 5.91 Å². The lowest BCUT2D eigenvalue weighted by Gasteiger charge is -2.10. The molecule has 0 aliphatic heterocycles. The van der Waals surface area contributed by atoms with Crippen LogP contribution in [-0.2, 0) is 4.74 Å². The number of halogens is 1. The Balaban J connectivity index is 1.92. The van der Waals surface area contributed by atoms with Gasteiger partial charge in [-0.15, -0.1) is 0 Å². The molecule has 0 aliphatic rings. The van der Waals surface area contributed by atoms with Crippen LogP contribution in [-0.4, -0.2) is 32.3 Å². The second kappa shape index (κ2) is 10.6. The molecule has 0 aromatic heterocycles. The van der Waals surface area contributed by atoms with Crippen LogP contribution in [0.5, 0.6) is 11.5 Å². The fourth-order valence-corrected chi connectivity index (χ4v) is 2.60. The highest BCUT2D eigenvalue weighted by Gasteiger charge is 2.10. The molecule has 0 unspecified atom stereocenters. The molecule has 0 bridgehead atoms. The normalized spacial score (nSPS) is 10.2. The zero-order valence-electron chi connectivity index (χ0n) is 14.7. The Morgan fingerprint density at radius 1 is 1.15 bits per heavy atom. The van der Waals surface area contributed by atoms with Crippen molar-refractivity contribution in [2.45, 2.75) is 6.92 Å². The van der Waals surface area contributed by atoms with Crippen LogP contribution in [0.15, 0.2) is 59.6 Å². The lowest BCUT2D eigenvalue weighted by atomic mass is 10.2. The minimum Gasteiger partial charge on any atom is -0.491 e. The standard InChI is InChI=1S/C20H22BrNO4/c1-3-11-26-19-10-5-15(14-18(19)21)20(23)22-16-6-8-17(9-7-16)25-13-12-24-4-2/h3,5-10,14H,1,4,11-13H2,2H3,(H,22,23). The molecule has 0 radical (unpaired) electrons. The highest BCUT2D eigenvalue weighted by atomic mass is 79.9. The van der Waals surface area contributed by atoms with Gasteiger partial charge >= 0.3 is 0 Å². The zero-order chi connectivity index (χ0) is 18.8. The van der Waals surface area contributed by atoms with Crippen LogP contribution in [0.3, 0.4) is 0 Å². The van der Waals surface area contributed by atoms with Crippen molar-refractivity contribution in [1.82, 2.24) is 0 Å². The molecule has 5 nitrogen and oxygen atoms in total. The number of nitrogens with one attached hydrogen (secondary N) is 1. The highest BCUT2D eigenvalue weighted by molar-refractivity contribution is 9.10. The van der Waals surface area contributed by atoms with Crippen LogP contribution in [0.2, 0.25) is 0 Å². The Labute approximate surface area is 162 Å². The van der Waals surface area contributed by atoms with Gasteiger partial charge in [0.2, 0.25) is 0 Å². The van der Waals surface area contributed by atoms with Gasteiger partial charge in [0.1, 0.15) is 24.7 Å². The highest BCUT2D eigenvalue weighted by Crippen LogP contribution is 2.26. The third kappa shape index (κ3) is 6.20. The molecule has 26 heavy (non-hydrogen) atoms. The Morgan fingerprint density at radius 3 is 2.58 bits per heavy atom. The van der Waals surface area contributed by atoms with Gasteiger partial charge in [-0.2, -0.15) is 0 Å². The molecule has 2 aromatic rings. The van der Waals surface area contributed by atoms with E-state index >= 15 is 0 Å². The van der Waals surface area contributed by atoms with Crippen molar-refractivity contribution in [3.05, 3.63) is 65.2 Å². The lowest BCUT2D eigenvalue weighted by Crippen LogP contribution is -2.12. The zero-order valence-corrected chi connectivity index (χ0v) is 16.3. The topological polar surface area (TPSA) is 56.8 Å². The second-order valence-electron chi connectivity index (χ2n) is 5.27. The quantitative estimate of drug-likeness (QED) is 0.448. The first-order valence-electron chi connectivity index (χ1n) is 8.29. The molecule has 2 rings (SSSR count). The van der Waals surface area contributed by atoms with Crippen LogP contribution < -0.4 is 14.8 Å². The summed E-state index contributed by atoms with van der Waals surface area (Å²) in [6.45, 7) is 7.68. The summed E-state index contributed by atoms with van der Waals surface area (Å²) >= 11 is 3.41. The Bertz CT molecular complexity index is 731. The number of rotatable bonds is 10. The van der Waals surface area contributed by atoms with Gasteiger partial charge in [-0.05, 0) is 65.3 Å². The fraction of sp³-hybridized carbons (Fsp3) is 0.250. The number of carbonyl (C=O) groups excluding carboxylic acids is 1. The summed E-state index contributed by atoms with van der Waals surface area (Å²) in [7, 11) is 0. The van der Waals surface area contributed by atoms with Gasteiger partial charge in [-0.3, -0.25) is 4.79 Å². The van der Waals surface area contributed by atoms with Gasteiger partial charge in [0, 0.05) is 17.9 Å². The molecule has 2 aromatic carbocycles. The molecule has 0 saturated carbocycles. The van der Waals surface area contributed by atoms with Gasteiger partial charge in [-0.1, -0.05) is 12.7 Å². The Kier molecular flexibility index (Phi) is 8.18. The Morgan fingerprint density at radius 2 is 1.92 bits per heavy atom. The fourth-order valence-electron chi connectivity index (χ4n) is 2.11. The monoisotopic (exact) mass is 419 g/mol. The largest absolute Gasteiger partial charge is 0.491 e. The molecule has 0 atom stereocenters. The SMILES string of the molecule is C=CCOc1ccc(C(=O)Nc2ccc(OCCOCC)cc2)cc1Br. The number of anilines is 1. The van der Waals surface area contributed by atoms with Crippen LogP contribution in [0.25, 0.3) is 0 Å². The van der Waals surface area contributed by atoms with E-state index < -0.39 is 0 Å². The van der Waals surface area contributed by atoms with Crippen molar-refractivity contribution in [2.24, 2.45) is 0 Å². The van der Waals surface area contributed by atoms with E-state index in [1.54, 1.807) is 36.4 Å². The minimum absolute atomic E-state index is 0.203. The maximum Gasteiger partial charge on any atom is 0.255 e. The van der Waals surface area contributed by atoms with Crippen molar-refractivity contribution in [2.75, 3.05) is 31.7 Å². The number of amides is 1. The third-order valence-corrected chi connectivity index (χ3v) is 3.98. The van der Waals surface area contributed by atoms with Crippen molar-refractivity contribution >= 4 is 27.5 Å². The smallest absolute Gasteiger partial charge is 0.255 e. The van der Waals surface area contributed by atoms with Gasteiger partial charge in [0.05, 0.1) is 11.1 Å². The summed E-state index contributed by atoms with van der Waals surface area (Å²) in [5.74, 6) is 1.19. The van der Waals surface area contributed by atoms with E-state index in [0.717, 1.165) is 5.75 Å². The minimum atomic E-state index is -0.203. The summed E-state index contributed by atoms with van der Waals surface area (Å²) in [5.41, 5.74) is 1.22. The Hall–Kier alpha value is -2.31. The van der Waals surface area contributed by atoms with Gasteiger partial charge in [-0.25, -0.2) is 0 Å². The third-order valence-electron chi connectivity index (χ3n) is 3.36. The van der Waals surface area contributed by atoms with Crippen LogP contribution >= 0.6 is 15.9 Å². The summed E-state index contributed by atoms with van der Waals surface area (Å²) in [4.78, 5) is 12.4. The van der Waals surface area contributed by atoms with E-state index in [2.05, 4.69) is 27.8 Å². The summed E-state index contributed by atoms with van der Waals surface area (Å²) in [5, 5.41) is 2.85. The maximum absolute atomic E-state index is 12.4. The average molecular weight is 420 g/mol. The number of hydrogen-bond acceptors (Lipinski definition) is 4. The van der Waals surface area contributed by atoms with E-state index in [4.69, 9.17) is 14.2 Å². The molecule has 1 amide bonds. The molecule has 138 valence electrons. The molecular weight excluding hydrogens is 398 g/mol. The van der Waals surface area contributed by atoms with Gasteiger partial charge in [0.15, 0.2) is 0 Å². The van der Waals surface area contributed by atoms with Gasteiger partial charge in [0.25, 0.3) is 5.91 Å².